The summed E-state index contributed by atoms with van der Waals surface area (Å²) in [6, 6.07) is 0.226. The summed E-state index contributed by atoms with van der Waals surface area (Å²) >= 11 is 0. The topological polar surface area (TPSA) is 58.1 Å². The fourth-order valence-corrected chi connectivity index (χ4v) is 2.89. The molecule has 1 fully saturated rings. The zero-order chi connectivity index (χ0) is 17.5. The molecule has 0 aromatic rings. The molecule has 0 aliphatic carbocycles. The van der Waals surface area contributed by atoms with Crippen LogP contribution in [0.15, 0.2) is 4.99 Å². The van der Waals surface area contributed by atoms with Crippen LogP contribution in [0.25, 0.3) is 0 Å². The van der Waals surface area contributed by atoms with Gasteiger partial charge in [0.1, 0.15) is 0 Å². The summed E-state index contributed by atoms with van der Waals surface area (Å²) in [5.74, 6) is 0.847. The van der Waals surface area contributed by atoms with Gasteiger partial charge in [0.15, 0.2) is 5.96 Å². The van der Waals surface area contributed by atoms with Crippen LogP contribution in [0, 0.1) is 0 Å². The number of rotatable bonds is 7. The zero-order valence-electron chi connectivity index (χ0n) is 16.4. The molecule has 3 atom stereocenters. The fraction of sp³-hybridized carbons (Fsp3) is 0.941. The number of guanidine groups is 1. The summed E-state index contributed by atoms with van der Waals surface area (Å²) in [4.78, 5) is 7.27. The zero-order valence-corrected chi connectivity index (χ0v) is 18.7. The van der Waals surface area contributed by atoms with Crippen LogP contribution in [0.1, 0.15) is 41.5 Å². The molecule has 7 heteroatoms. The van der Waals surface area contributed by atoms with Gasteiger partial charge in [0.05, 0.1) is 25.4 Å². The average molecular weight is 456 g/mol. The maximum absolute atomic E-state index is 5.84. The lowest BCUT2D eigenvalue weighted by Crippen LogP contribution is -2.56. The first-order valence-electron chi connectivity index (χ1n) is 8.72. The highest BCUT2D eigenvalue weighted by molar-refractivity contribution is 14.0. The van der Waals surface area contributed by atoms with E-state index in [0.29, 0.717) is 6.61 Å². The number of ether oxygens (including phenoxy) is 2. The van der Waals surface area contributed by atoms with Gasteiger partial charge in [-0.1, -0.05) is 0 Å². The SMILES string of the molecule is CCNC(=NCC(C)(C)N1CC(C)OC(C)C1)NC(C)COC.I. The number of hydrogen-bond acceptors (Lipinski definition) is 4. The molecule has 0 aromatic carbocycles. The minimum absolute atomic E-state index is 0. The molecule has 1 rings (SSSR count). The highest BCUT2D eigenvalue weighted by Crippen LogP contribution is 2.21. The molecule has 6 nitrogen and oxygen atoms in total. The number of halogens is 1. The van der Waals surface area contributed by atoms with Crippen molar-refractivity contribution in [2.24, 2.45) is 4.99 Å². The molecule has 3 unspecified atom stereocenters. The van der Waals surface area contributed by atoms with E-state index in [2.05, 4.69) is 57.1 Å². The monoisotopic (exact) mass is 456 g/mol. The normalized spacial score (nSPS) is 24.2. The van der Waals surface area contributed by atoms with Crippen LogP contribution >= 0.6 is 24.0 Å². The van der Waals surface area contributed by atoms with Crippen molar-refractivity contribution in [3.63, 3.8) is 0 Å². The molecule has 2 N–H and O–H groups in total. The molecule has 0 bridgehead atoms. The van der Waals surface area contributed by atoms with Crippen molar-refractivity contribution in [1.29, 1.82) is 0 Å². The molecule has 144 valence electrons. The van der Waals surface area contributed by atoms with Gasteiger partial charge < -0.3 is 20.1 Å². The Labute approximate surface area is 165 Å². The number of morpholine rings is 1. The van der Waals surface area contributed by atoms with Gasteiger partial charge in [-0.15, -0.1) is 24.0 Å². The van der Waals surface area contributed by atoms with Crippen molar-refractivity contribution >= 4 is 29.9 Å². The third kappa shape index (κ3) is 8.31. The molecule has 1 saturated heterocycles. The Bertz CT molecular complexity index is 370. The Morgan fingerprint density at radius 2 is 1.92 bits per heavy atom. The van der Waals surface area contributed by atoms with Gasteiger partial charge in [0, 0.05) is 38.3 Å². The number of nitrogens with one attached hydrogen (secondary N) is 2. The molecular weight excluding hydrogens is 419 g/mol. The molecular formula is C17H37IN4O2. The minimum Gasteiger partial charge on any atom is -0.383 e. The largest absolute Gasteiger partial charge is 0.383 e. The van der Waals surface area contributed by atoms with E-state index in [1.54, 1.807) is 7.11 Å². The van der Waals surface area contributed by atoms with E-state index in [4.69, 9.17) is 14.5 Å². The van der Waals surface area contributed by atoms with Crippen LogP contribution in [-0.2, 0) is 9.47 Å². The van der Waals surface area contributed by atoms with E-state index in [1.807, 2.05) is 0 Å². The van der Waals surface area contributed by atoms with E-state index in [0.717, 1.165) is 32.1 Å². The van der Waals surface area contributed by atoms with Gasteiger partial charge in [-0.3, -0.25) is 9.89 Å². The summed E-state index contributed by atoms with van der Waals surface area (Å²) < 4.78 is 11.0. The second kappa shape index (κ2) is 11.5. The first-order chi connectivity index (χ1) is 10.8. The van der Waals surface area contributed by atoms with Crippen LogP contribution in [0.3, 0.4) is 0 Å². The highest BCUT2D eigenvalue weighted by Gasteiger charge is 2.33. The molecule has 24 heavy (non-hydrogen) atoms. The van der Waals surface area contributed by atoms with E-state index < -0.39 is 0 Å². The quantitative estimate of drug-likeness (QED) is 0.349. The highest BCUT2D eigenvalue weighted by atomic mass is 127. The third-order valence-corrected chi connectivity index (χ3v) is 4.04. The van der Waals surface area contributed by atoms with Gasteiger partial charge in [-0.25, -0.2) is 0 Å². The van der Waals surface area contributed by atoms with Gasteiger partial charge >= 0.3 is 0 Å². The first-order valence-corrected chi connectivity index (χ1v) is 8.72. The predicted molar refractivity (Wildman–Crippen MR) is 112 cm³/mol. The Morgan fingerprint density at radius 1 is 1.33 bits per heavy atom. The molecule has 0 aromatic heterocycles. The van der Waals surface area contributed by atoms with Crippen molar-refractivity contribution in [2.75, 3.05) is 39.9 Å². The lowest BCUT2D eigenvalue weighted by Gasteiger charge is -2.44. The van der Waals surface area contributed by atoms with Crippen LogP contribution in [0.4, 0.5) is 0 Å². The summed E-state index contributed by atoms with van der Waals surface area (Å²) in [6.07, 6.45) is 0.546. The van der Waals surface area contributed by atoms with E-state index in [9.17, 15) is 0 Å². The number of hydrogen-bond donors (Lipinski definition) is 2. The first kappa shape index (κ1) is 23.9. The van der Waals surface area contributed by atoms with Crippen LogP contribution in [0.5, 0.6) is 0 Å². The Morgan fingerprint density at radius 3 is 2.42 bits per heavy atom. The van der Waals surface area contributed by atoms with Gasteiger partial charge in [-0.05, 0) is 41.5 Å². The van der Waals surface area contributed by atoms with Crippen molar-refractivity contribution in [1.82, 2.24) is 15.5 Å². The van der Waals surface area contributed by atoms with E-state index >= 15 is 0 Å². The minimum atomic E-state index is -0.000847. The molecule has 1 aliphatic heterocycles. The number of nitrogens with zero attached hydrogens (tertiary/aromatic N) is 2. The van der Waals surface area contributed by atoms with Crippen LogP contribution in [-0.4, -0.2) is 74.5 Å². The molecule has 0 saturated carbocycles. The van der Waals surface area contributed by atoms with Crippen molar-refractivity contribution < 1.29 is 9.47 Å². The van der Waals surface area contributed by atoms with Gasteiger partial charge in [0.2, 0.25) is 0 Å². The average Bonchev–Trinajstić information content (AvgIpc) is 2.44. The molecule has 1 heterocycles. The number of aliphatic imine (C=N–C) groups is 1. The smallest absolute Gasteiger partial charge is 0.191 e. The van der Waals surface area contributed by atoms with E-state index in [-0.39, 0.29) is 47.8 Å². The van der Waals surface area contributed by atoms with Crippen LogP contribution < -0.4 is 10.6 Å². The standard InChI is InChI=1S/C17H36N4O2.HI/c1-8-18-16(20-13(2)11-22-7)19-12-17(5,6)21-9-14(3)23-15(4)10-21;/h13-15H,8-12H2,1-7H3,(H2,18,19,20);1H. The summed E-state index contributed by atoms with van der Waals surface area (Å²) in [7, 11) is 1.71. The maximum atomic E-state index is 5.84. The lowest BCUT2D eigenvalue weighted by atomic mass is 10.0. The Kier molecular flexibility index (Phi) is 11.4. The number of methoxy groups -OCH3 is 1. The van der Waals surface area contributed by atoms with Gasteiger partial charge in [-0.2, -0.15) is 0 Å². The van der Waals surface area contributed by atoms with Crippen LogP contribution in [0.2, 0.25) is 0 Å². The third-order valence-electron chi connectivity index (χ3n) is 4.04. The Hall–Kier alpha value is -0.120. The van der Waals surface area contributed by atoms with Crippen molar-refractivity contribution in [3.05, 3.63) is 0 Å². The molecule has 0 radical (unpaired) electrons. The van der Waals surface area contributed by atoms with Crippen molar-refractivity contribution in [2.45, 2.75) is 65.3 Å². The molecule has 1 aliphatic rings. The second-order valence-electron chi connectivity index (χ2n) is 7.17. The lowest BCUT2D eigenvalue weighted by molar-refractivity contribution is -0.0939. The molecule has 0 spiro atoms. The summed E-state index contributed by atoms with van der Waals surface area (Å²) in [5, 5.41) is 6.69. The van der Waals surface area contributed by atoms with Crippen molar-refractivity contribution in [3.8, 4) is 0 Å². The summed E-state index contributed by atoms with van der Waals surface area (Å²) in [6.45, 7) is 17.1. The Balaban J connectivity index is 0.00000529. The maximum Gasteiger partial charge on any atom is 0.191 e. The fourth-order valence-electron chi connectivity index (χ4n) is 2.89. The van der Waals surface area contributed by atoms with E-state index in [1.165, 1.54) is 0 Å². The second-order valence-corrected chi connectivity index (χ2v) is 7.17. The summed E-state index contributed by atoms with van der Waals surface area (Å²) in [5.41, 5.74) is -0.000847. The predicted octanol–water partition coefficient (Wildman–Crippen LogP) is 2.08. The van der Waals surface area contributed by atoms with Gasteiger partial charge in [0.25, 0.3) is 0 Å². The molecule has 0 amide bonds.